The third kappa shape index (κ3) is 3.10. The van der Waals surface area contributed by atoms with Gasteiger partial charge in [0.05, 0.1) is 0 Å². The Labute approximate surface area is 129 Å². The Kier molecular flexibility index (Phi) is 4.24. The van der Waals surface area contributed by atoms with Crippen molar-refractivity contribution in [2.45, 2.75) is 25.3 Å². The lowest BCUT2D eigenvalue weighted by molar-refractivity contribution is 0.366. The number of nitrogens with two attached hydrogens (primary N) is 1. The molecule has 0 bridgehead atoms. The number of halogens is 2. The topological polar surface area (TPSA) is 38.0 Å². The van der Waals surface area contributed by atoms with Gasteiger partial charge >= 0.3 is 0 Å². The second kappa shape index (κ2) is 6.14. The number of benzene rings is 2. The van der Waals surface area contributed by atoms with Gasteiger partial charge in [-0.3, -0.25) is 11.3 Å². The van der Waals surface area contributed by atoms with Crippen LogP contribution in [0.4, 0.5) is 4.39 Å². The van der Waals surface area contributed by atoms with E-state index >= 15 is 0 Å². The molecule has 1 atom stereocenters. The highest BCUT2D eigenvalue weighted by Crippen LogP contribution is 2.30. The first-order valence-corrected chi connectivity index (χ1v) is 7.52. The molecule has 2 aromatic rings. The molecule has 0 fully saturated rings. The summed E-state index contributed by atoms with van der Waals surface area (Å²) in [7, 11) is 0. The third-order valence-electron chi connectivity index (χ3n) is 4.31. The summed E-state index contributed by atoms with van der Waals surface area (Å²) in [6, 6.07) is 13.0. The highest BCUT2D eigenvalue weighted by molar-refractivity contribution is 6.31. The molecule has 0 heterocycles. The van der Waals surface area contributed by atoms with E-state index in [1.165, 1.54) is 23.3 Å². The van der Waals surface area contributed by atoms with E-state index in [-0.39, 0.29) is 11.9 Å². The quantitative estimate of drug-likeness (QED) is 0.672. The summed E-state index contributed by atoms with van der Waals surface area (Å²) >= 11 is 6.16. The average molecular weight is 305 g/mol. The van der Waals surface area contributed by atoms with Crippen LogP contribution in [0, 0.1) is 11.7 Å². The van der Waals surface area contributed by atoms with Crippen LogP contribution in [-0.4, -0.2) is 6.04 Å². The molecule has 1 unspecified atom stereocenters. The molecule has 4 heteroatoms. The largest absolute Gasteiger partial charge is 0.271 e. The molecule has 3 rings (SSSR count). The second-order valence-electron chi connectivity index (χ2n) is 5.65. The maximum atomic E-state index is 13.4. The SMILES string of the molecule is NNC(Cc1cc(F)ccc1Cl)C1Cc2ccccc2C1. The highest BCUT2D eigenvalue weighted by Gasteiger charge is 2.28. The molecule has 110 valence electrons. The molecule has 0 aromatic heterocycles. The Morgan fingerprint density at radius 2 is 1.86 bits per heavy atom. The summed E-state index contributed by atoms with van der Waals surface area (Å²) in [6.07, 6.45) is 2.63. The van der Waals surface area contributed by atoms with Crippen molar-refractivity contribution < 1.29 is 4.39 Å². The van der Waals surface area contributed by atoms with E-state index < -0.39 is 0 Å². The lowest BCUT2D eigenvalue weighted by Crippen LogP contribution is -2.43. The van der Waals surface area contributed by atoms with Gasteiger partial charge in [-0.05, 0) is 60.1 Å². The Balaban J connectivity index is 1.76. The van der Waals surface area contributed by atoms with Gasteiger partial charge in [0.2, 0.25) is 0 Å². The average Bonchev–Trinajstić information content (AvgIpc) is 2.91. The summed E-state index contributed by atoms with van der Waals surface area (Å²) in [4.78, 5) is 0. The van der Waals surface area contributed by atoms with Crippen LogP contribution in [-0.2, 0) is 19.3 Å². The van der Waals surface area contributed by atoms with Crippen LogP contribution in [0.5, 0.6) is 0 Å². The summed E-state index contributed by atoms with van der Waals surface area (Å²) in [6.45, 7) is 0. The van der Waals surface area contributed by atoms with Crippen molar-refractivity contribution in [1.82, 2.24) is 5.43 Å². The standard InChI is InChI=1S/C17H18ClFN2/c18-16-6-5-15(19)9-13(16)10-17(21-20)14-7-11-3-1-2-4-12(11)8-14/h1-6,9,14,17,21H,7-8,10,20H2. The molecule has 0 saturated heterocycles. The van der Waals surface area contributed by atoms with Crippen molar-refractivity contribution in [3.63, 3.8) is 0 Å². The molecule has 0 radical (unpaired) electrons. The molecule has 3 N–H and O–H groups in total. The minimum absolute atomic E-state index is 0.0803. The maximum Gasteiger partial charge on any atom is 0.123 e. The van der Waals surface area contributed by atoms with Crippen LogP contribution in [0.3, 0.4) is 0 Å². The van der Waals surface area contributed by atoms with Crippen LogP contribution in [0.15, 0.2) is 42.5 Å². The molecule has 0 spiro atoms. The lowest BCUT2D eigenvalue weighted by atomic mass is 9.91. The van der Waals surface area contributed by atoms with E-state index in [4.69, 9.17) is 17.4 Å². The van der Waals surface area contributed by atoms with Crippen LogP contribution in [0.1, 0.15) is 16.7 Å². The molecule has 2 nitrogen and oxygen atoms in total. The van der Waals surface area contributed by atoms with Gasteiger partial charge in [0.25, 0.3) is 0 Å². The predicted molar refractivity (Wildman–Crippen MR) is 83.6 cm³/mol. The lowest BCUT2D eigenvalue weighted by Gasteiger charge is -2.23. The molecular formula is C17H18ClFN2. The van der Waals surface area contributed by atoms with E-state index in [1.54, 1.807) is 6.07 Å². The van der Waals surface area contributed by atoms with Crippen molar-refractivity contribution >= 4 is 11.6 Å². The van der Waals surface area contributed by atoms with Crippen LogP contribution < -0.4 is 11.3 Å². The molecule has 0 aliphatic heterocycles. The number of fused-ring (bicyclic) bond motifs is 1. The van der Waals surface area contributed by atoms with Crippen LogP contribution in [0.25, 0.3) is 0 Å². The molecule has 2 aromatic carbocycles. The fourth-order valence-electron chi connectivity index (χ4n) is 3.18. The number of hydrogen-bond acceptors (Lipinski definition) is 2. The number of hydrogen-bond donors (Lipinski definition) is 2. The normalized spacial score (nSPS) is 16.0. The predicted octanol–water partition coefficient (Wildman–Crippen LogP) is 3.27. The van der Waals surface area contributed by atoms with Crippen molar-refractivity contribution in [3.05, 3.63) is 70.0 Å². The van der Waals surface area contributed by atoms with Gasteiger partial charge in [0, 0.05) is 11.1 Å². The number of hydrazine groups is 1. The van der Waals surface area contributed by atoms with E-state index in [0.29, 0.717) is 17.4 Å². The van der Waals surface area contributed by atoms with E-state index in [2.05, 4.69) is 29.7 Å². The third-order valence-corrected chi connectivity index (χ3v) is 4.68. The molecule has 0 saturated carbocycles. The maximum absolute atomic E-state index is 13.4. The molecule has 1 aliphatic rings. The Morgan fingerprint density at radius 1 is 1.19 bits per heavy atom. The molecule has 0 amide bonds. The Bertz CT molecular complexity index is 619. The first-order valence-electron chi connectivity index (χ1n) is 7.14. The summed E-state index contributed by atoms with van der Waals surface area (Å²) in [5, 5.41) is 0.590. The van der Waals surface area contributed by atoms with E-state index in [1.807, 2.05) is 0 Å². The van der Waals surface area contributed by atoms with Gasteiger partial charge in [-0.25, -0.2) is 4.39 Å². The van der Waals surface area contributed by atoms with Crippen molar-refractivity contribution in [2.24, 2.45) is 11.8 Å². The Hall–Kier alpha value is -1.42. The zero-order valence-corrected chi connectivity index (χ0v) is 12.4. The van der Waals surface area contributed by atoms with Gasteiger partial charge in [-0.1, -0.05) is 35.9 Å². The molecular weight excluding hydrogens is 287 g/mol. The van der Waals surface area contributed by atoms with Crippen LogP contribution in [0.2, 0.25) is 5.02 Å². The van der Waals surface area contributed by atoms with E-state index in [9.17, 15) is 4.39 Å². The van der Waals surface area contributed by atoms with Gasteiger partial charge in [0.1, 0.15) is 5.82 Å². The van der Waals surface area contributed by atoms with Gasteiger partial charge in [-0.15, -0.1) is 0 Å². The second-order valence-corrected chi connectivity index (χ2v) is 6.06. The number of rotatable bonds is 4. The first-order chi connectivity index (χ1) is 10.2. The summed E-state index contributed by atoms with van der Waals surface area (Å²) < 4.78 is 13.4. The van der Waals surface area contributed by atoms with E-state index in [0.717, 1.165) is 18.4 Å². The first kappa shape index (κ1) is 14.5. The summed E-state index contributed by atoms with van der Waals surface area (Å²) in [5.74, 6) is 5.88. The van der Waals surface area contributed by atoms with Gasteiger partial charge < -0.3 is 0 Å². The van der Waals surface area contributed by atoms with Crippen molar-refractivity contribution in [2.75, 3.05) is 0 Å². The highest BCUT2D eigenvalue weighted by atomic mass is 35.5. The van der Waals surface area contributed by atoms with Crippen molar-refractivity contribution in [3.8, 4) is 0 Å². The zero-order valence-electron chi connectivity index (χ0n) is 11.7. The number of nitrogens with one attached hydrogen (secondary N) is 1. The monoisotopic (exact) mass is 304 g/mol. The molecule has 21 heavy (non-hydrogen) atoms. The fourth-order valence-corrected chi connectivity index (χ4v) is 3.37. The Morgan fingerprint density at radius 3 is 2.48 bits per heavy atom. The fraction of sp³-hybridized carbons (Fsp3) is 0.294. The van der Waals surface area contributed by atoms with Crippen molar-refractivity contribution in [1.29, 1.82) is 0 Å². The van der Waals surface area contributed by atoms with Gasteiger partial charge in [0.15, 0.2) is 0 Å². The van der Waals surface area contributed by atoms with Crippen LogP contribution >= 0.6 is 11.6 Å². The zero-order chi connectivity index (χ0) is 14.8. The minimum Gasteiger partial charge on any atom is -0.271 e. The molecule has 1 aliphatic carbocycles. The smallest absolute Gasteiger partial charge is 0.123 e. The summed E-state index contributed by atoms with van der Waals surface area (Å²) in [5.41, 5.74) is 6.46. The van der Waals surface area contributed by atoms with Gasteiger partial charge in [-0.2, -0.15) is 0 Å². The minimum atomic E-state index is -0.264.